The van der Waals surface area contributed by atoms with Crippen LogP contribution in [0.3, 0.4) is 0 Å². The molecule has 106 valence electrons. The van der Waals surface area contributed by atoms with E-state index in [4.69, 9.17) is 0 Å². The highest BCUT2D eigenvalue weighted by molar-refractivity contribution is 7.92. The standard InChI is InChI=1S/C14H16N2O3S/c1-10-7-11(2)15-14(8-10)16-20(18,19)13-6-4-3-5-12(13)9-17/h3-8,17H,9H2,1-2H3,(H,15,16). The predicted molar refractivity (Wildman–Crippen MR) is 76.9 cm³/mol. The van der Waals surface area contributed by atoms with E-state index in [2.05, 4.69) is 9.71 Å². The van der Waals surface area contributed by atoms with Crippen LogP contribution in [0, 0.1) is 13.8 Å². The molecule has 0 spiro atoms. The van der Waals surface area contributed by atoms with Crippen molar-refractivity contribution < 1.29 is 13.5 Å². The summed E-state index contributed by atoms with van der Waals surface area (Å²) in [6.45, 7) is 3.33. The molecule has 5 nitrogen and oxygen atoms in total. The van der Waals surface area contributed by atoms with Gasteiger partial charge < -0.3 is 5.11 Å². The average molecular weight is 292 g/mol. The Balaban J connectivity index is 2.41. The Hall–Kier alpha value is -1.92. The summed E-state index contributed by atoms with van der Waals surface area (Å²) < 4.78 is 27.1. The largest absolute Gasteiger partial charge is 0.392 e. The van der Waals surface area contributed by atoms with Crippen LogP contribution in [-0.2, 0) is 16.6 Å². The number of anilines is 1. The van der Waals surface area contributed by atoms with Crippen LogP contribution in [0.2, 0.25) is 0 Å². The molecule has 0 bridgehead atoms. The van der Waals surface area contributed by atoms with Crippen molar-refractivity contribution in [3.63, 3.8) is 0 Å². The number of aliphatic hydroxyl groups is 1. The van der Waals surface area contributed by atoms with Crippen LogP contribution >= 0.6 is 0 Å². The molecule has 2 rings (SSSR count). The summed E-state index contributed by atoms with van der Waals surface area (Å²) in [6, 6.07) is 9.84. The highest BCUT2D eigenvalue weighted by Gasteiger charge is 2.18. The predicted octanol–water partition coefficient (Wildman–Crippen LogP) is 1.99. The number of rotatable bonds is 4. The summed E-state index contributed by atoms with van der Waals surface area (Å²) in [7, 11) is -3.76. The minimum atomic E-state index is -3.76. The van der Waals surface area contributed by atoms with Crippen molar-refractivity contribution in [3.8, 4) is 0 Å². The lowest BCUT2D eigenvalue weighted by Crippen LogP contribution is -2.16. The fourth-order valence-electron chi connectivity index (χ4n) is 1.98. The van der Waals surface area contributed by atoms with E-state index in [1.54, 1.807) is 31.2 Å². The molecule has 0 amide bonds. The first-order valence-corrected chi connectivity index (χ1v) is 7.57. The molecule has 0 aliphatic rings. The van der Waals surface area contributed by atoms with Crippen LogP contribution in [-0.4, -0.2) is 18.5 Å². The smallest absolute Gasteiger partial charge is 0.263 e. The Morgan fingerprint density at radius 1 is 1.20 bits per heavy atom. The van der Waals surface area contributed by atoms with Gasteiger partial charge in [0.2, 0.25) is 0 Å². The number of sulfonamides is 1. The number of hydrogen-bond donors (Lipinski definition) is 2. The molecular weight excluding hydrogens is 276 g/mol. The molecule has 0 atom stereocenters. The normalized spacial score (nSPS) is 11.3. The lowest BCUT2D eigenvalue weighted by Gasteiger charge is -2.11. The molecule has 1 heterocycles. The highest BCUT2D eigenvalue weighted by atomic mass is 32.2. The zero-order valence-electron chi connectivity index (χ0n) is 11.3. The van der Waals surface area contributed by atoms with Gasteiger partial charge in [0.25, 0.3) is 10.0 Å². The Bertz CT molecular complexity index is 707. The Morgan fingerprint density at radius 3 is 2.55 bits per heavy atom. The van der Waals surface area contributed by atoms with Gasteiger partial charge in [0.1, 0.15) is 5.82 Å². The second-order valence-corrected chi connectivity index (χ2v) is 6.19. The minimum absolute atomic E-state index is 0.0588. The van der Waals surface area contributed by atoms with E-state index in [1.807, 2.05) is 13.0 Å². The molecule has 0 unspecified atom stereocenters. The third-order valence-corrected chi connectivity index (χ3v) is 4.22. The quantitative estimate of drug-likeness (QED) is 0.903. The highest BCUT2D eigenvalue weighted by Crippen LogP contribution is 2.19. The monoisotopic (exact) mass is 292 g/mol. The summed E-state index contributed by atoms with van der Waals surface area (Å²) in [6.07, 6.45) is 0. The first kappa shape index (κ1) is 14.5. The van der Waals surface area contributed by atoms with Crippen molar-refractivity contribution in [2.45, 2.75) is 25.3 Å². The van der Waals surface area contributed by atoms with Crippen LogP contribution < -0.4 is 4.72 Å². The molecule has 2 aromatic rings. The fourth-order valence-corrected chi connectivity index (χ4v) is 3.21. The van der Waals surface area contributed by atoms with E-state index in [0.29, 0.717) is 5.56 Å². The average Bonchev–Trinajstić information content (AvgIpc) is 2.36. The van der Waals surface area contributed by atoms with Crippen LogP contribution in [0.15, 0.2) is 41.3 Å². The van der Waals surface area contributed by atoms with Gasteiger partial charge in [-0.3, -0.25) is 4.72 Å². The van der Waals surface area contributed by atoms with Gasteiger partial charge >= 0.3 is 0 Å². The molecule has 1 aromatic carbocycles. The number of benzene rings is 1. The second-order valence-electron chi connectivity index (χ2n) is 4.54. The van der Waals surface area contributed by atoms with Crippen molar-refractivity contribution in [2.24, 2.45) is 0 Å². The maximum Gasteiger partial charge on any atom is 0.263 e. The third kappa shape index (κ3) is 3.15. The molecule has 1 aromatic heterocycles. The molecule has 0 aliphatic carbocycles. The van der Waals surface area contributed by atoms with Crippen molar-refractivity contribution in [2.75, 3.05) is 4.72 Å². The first-order chi connectivity index (χ1) is 9.42. The van der Waals surface area contributed by atoms with Gasteiger partial charge in [-0.25, -0.2) is 13.4 Å². The third-order valence-electron chi connectivity index (χ3n) is 2.77. The first-order valence-electron chi connectivity index (χ1n) is 6.09. The zero-order valence-corrected chi connectivity index (χ0v) is 12.1. The molecule has 0 fully saturated rings. The molecule has 0 aliphatic heterocycles. The molecule has 6 heteroatoms. The zero-order chi connectivity index (χ0) is 14.8. The maximum absolute atomic E-state index is 12.3. The van der Waals surface area contributed by atoms with Gasteiger partial charge in [-0.1, -0.05) is 18.2 Å². The number of nitrogens with one attached hydrogen (secondary N) is 1. The van der Waals surface area contributed by atoms with E-state index < -0.39 is 10.0 Å². The van der Waals surface area contributed by atoms with Crippen LogP contribution in [0.1, 0.15) is 16.8 Å². The number of aliphatic hydroxyl groups excluding tert-OH is 1. The van der Waals surface area contributed by atoms with E-state index in [-0.39, 0.29) is 17.3 Å². The van der Waals surface area contributed by atoms with Crippen molar-refractivity contribution in [1.82, 2.24) is 4.98 Å². The Morgan fingerprint density at radius 2 is 1.90 bits per heavy atom. The summed E-state index contributed by atoms with van der Waals surface area (Å²) in [5, 5.41) is 9.23. The lowest BCUT2D eigenvalue weighted by molar-refractivity contribution is 0.278. The van der Waals surface area contributed by atoms with E-state index in [9.17, 15) is 13.5 Å². The van der Waals surface area contributed by atoms with Crippen LogP contribution in [0.5, 0.6) is 0 Å². The van der Waals surface area contributed by atoms with Crippen LogP contribution in [0.4, 0.5) is 5.82 Å². The lowest BCUT2D eigenvalue weighted by atomic mass is 10.2. The Kier molecular flexibility index (Phi) is 4.06. The van der Waals surface area contributed by atoms with Crippen LogP contribution in [0.25, 0.3) is 0 Å². The summed E-state index contributed by atoms with van der Waals surface area (Å²) in [5.41, 5.74) is 2.01. The van der Waals surface area contributed by atoms with Crippen molar-refractivity contribution >= 4 is 15.8 Å². The molecule has 0 saturated heterocycles. The molecule has 20 heavy (non-hydrogen) atoms. The number of hydrogen-bond acceptors (Lipinski definition) is 4. The van der Waals surface area contributed by atoms with Gasteiger partial charge in [0.15, 0.2) is 0 Å². The maximum atomic E-state index is 12.3. The van der Waals surface area contributed by atoms with Gasteiger partial charge in [-0.2, -0.15) is 0 Å². The molecule has 0 radical (unpaired) electrons. The topological polar surface area (TPSA) is 79.3 Å². The number of nitrogens with zero attached hydrogens (tertiary/aromatic N) is 1. The van der Waals surface area contributed by atoms with Gasteiger partial charge in [-0.15, -0.1) is 0 Å². The van der Waals surface area contributed by atoms with Gasteiger partial charge in [-0.05, 0) is 43.2 Å². The Labute approximate surface area is 118 Å². The van der Waals surface area contributed by atoms with Gasteiger partial charge in [0.05, 0.1) is 11.5 Å². The molecular formula is C14H16N2O3S. The number of aryl methyl sites for hydroxylation is 2. The fraction of sp³-hybridized carbons (Fsp3) is 0.214. The second kappa shape index (κ2) is 5.60. The number of pyridine rings is 1. The van der Waals surface area contributed by atoms with Gasteiger partial charge in [0, 0.05) is 5.69 Å². The minimum Gasteiger partial charge on any atom is -0.392 e. The molecule has 0 saturated carbocycles. The summed E-state index contributed by atoms with van der Waals surface area (Å²) in [5.74, 6) is 0.273. The van der Waals surface area contributed by atoms with E-state index in [1.165, 1.54) is 6.07 Å². The van der Waals surface area contributed by atoms with Crippen molar-refractivity contribution in [3.05, 3.63) is 53.2 Å². The summed E-state index contributed by atoms with van der Waals surface area (Å²) >= 11 is 0. The number of aromatic nitrogens is 1. The van der Waals surface area contributed by atoms with E-state index >= 15 is 0 Å². The summed E-state index contributed by atoms with van der Waals surface area (Å²) in [4.78, 5) is 4.21. The van der Waals surface area contributed by atoms with E-state index in [0.717, 1.165) is 11.3 Å². The van der Waals surface area contributed by atoms with Crippen molar-refractivity contribution in [1.29, 1.82) is 0 Å². The SMILES string of the molecule is Cc1cc(C)nc(NS(=O)(=O)c2ccccc2CO)c1. The molecule has 2 N–H and O–H groups in total.